The zero-order valence-electron chi connectivity index (χ0n) is 27.9. The average molecular weight is 591 g/mol. The molecular formula is C31H37N7O5. The van der Waals surface area contributed by atoms with Crippen LogP contribution in [0.4, 0.5) is 27.8 Å². The molecule has 1 N–H and O–H groups in total. The summed E-state index contributed by atoms with van der Waals surface area (Å²) in [5.74, 6) is 0.497. The number of amides is 1. The second-order valence-electron chi connectivity index (χ2n) is 11.4. The first-order valence-electron chi connectivity index (χ1n) is 15.5. The highest BCUT2D eigenvalue weighted by Crippen LogP contribution is 2.39. The van der Waals surface area contributed by atoms with Gasteiger partial charge in [0.1, 0.15) is 17.0 Å². The minimum atomic E-state index is -2.78. The number of ether oxygens (including phenoxy) is 2. The van der Waals surface area contributed by atoms with E-state index in [1.165, 1.54) is 35.2 Å². The summed E-state index contributed by atoms with van der Waals surface area (Å²) in [6.07, 6.45) is 4.82. The van der Waals surface area contributed by atoms with E-state index in [4.69, 9.17) is 18.6 Å². The van der Waals surface area contributed by atoms with Gasteiger partial charge in [0, 0.05) is 73.2 Å². The molecule has 1 amide bonds. The van der Waals surface area contributed by atoms with Gasteiger partial charge in [0.2, 0.25) is 5.95 Å². The van der Waals surface area contributed by atoms with Crippen molar-refractivity contribution in [3.63, 3.8) is 0 Å². The summed E-state index contributed by atoms with van der Waals surface area (Å²) >= 11 is 0. The quantitative estimate of drug-likeness (QED) is 0.184. The van der Waals surface area contributed by atoms with Gasteiger partial charge in [0.05, 0.1) is 28.9 Å². The Morgan fingerprint density at radius 2 is 2.07 bits per heavy atom. The van der Waals surface area contributed by atoms with Crippen molar-refractivity contribution in [2.75, 3.05) is 44.4 Å². The summed E-state index contributed by atoms with van der Waals surface area (Å²) in [5.41, 5.74) is 3.44. The molecule has 1 aliphatic heterocycles. The second-order valence-corrected chi connectivity index (χ2v) is 11.4. The van der Waals surface area contributed by atoms with Crippen LogP contribution in [-0.2, 0) is 17.7 Å². The molecule has 1 aliphatic rings. The van der Waals surface area contributed by atoms with Crippen LogP contribution in [0.5, 0.6) is 5.75 Å². The molecule has 5 rings (SSSR count). The van der Waals surface area contributed by atoms with Crippen molar-refractivity contribution in [2.45, 2.75) is 45.8 Å². The SMILES string of the molecule is [2H]C([2H])([2H])N(CCN(C)c1cc(OC)c(Nc2nccc(-c3cn4c5c(cccc35)CCC4)n2)cc1[N+](=O)[O-])C(=O)OC(C)(C)C. The lowest BCUT2D eigenvalue weighted by atomic mass is 10.0. The number of methoxy groups -OCH3 is 1. The number of nitro benzene ring substituents is 1. The van der Waals surface area contributed by atoms with Crippen molar-refractivity contribution in [3.05, 3.63) is 64.5 Å². The normalized spacial score (nSPS) is 13.9. The maximum Gasteiger partial charge on any atom is 0.410 e. The van der Waals surface area contributed by atoms with Gasteiger partial charge in [-0.25, -0.2) is 14.8 Å². The van der Waals surface area contributed by atoms with Crippen LogP contribution < -0.4 is 15.0 Å². The van der Waals surface area contributed by atoms with Crippen LogP contribution in [0.15, 0.2) is 48.8 Å². The monoisotopic (exact) mass is 590 g/mol. The summed E-state index contributed by atoms with van der Waals surface area (Å²) in [6, 6.07) is 10.9. The van der Waals surface area contributed by atoms with E-state index in [-0.39, 0.29) is 41.8 Å². The molecular weight excluding hydrogens is 550 g/mol. The molecule has 2 aromatic heterocycles. The Labute approximate surface area is 254 Å². The van der Waals surface area contributed by atoms with Gasteiger partial charge in [-0.2, -0.15) is 0 Å². The van der Waals surface area contributed by atoms with Gasteiger partial charge < -0.3 is 29.2 Å². The van der Waals surface area contributed by atoms with Gasteiger partial charge in [-0.3, -0.25) is 10.1 Å². The van der Waals surface area contributed by atoms with E-state index in [1.54, 1.807) is 34.0 Å². The van der Waals surface area contributed by atoms with E-state index in [9.17, 15) is 14.9 Å². The first-order chi connectivity index (χ1) is 21.7. The number of likely N-dealkylation sites (N-methyl/N-ethyl adjacent to an activating group) is 2. The van der Waals surface area contributed by atoms with Crippen LogP contribution in [0.3, 0.4) is 0 Å². The Morgan fingerprint density at radius 1 is 1.26 bits per heavy atom. The lowest BCUT2D eigenvalue weighted by molar-refractivity contribution is -0.384. The fourth-order valence-corrected chi connectivity index (χ4v) is 5.20. The summed E-state index contributed by atoms with van der Waals surface area (Å²) in [6.45, 7) is 2.73. The standard InChI is InChI=1S/C31H37N7O5/c1-31(2,3)43-30(39)36(5)16-15-35(4)25-18-27(42-6)24(17-26(25)38(40)41)34-29-32-13-12-23(33-29)22-19-37-14-8-10-20-9-7-11-21(22)28(20)37/h7,9,11-13,17-19H,8,10,14-16H2,1-6H3,(H,32,33,34)/i5D3. The molecule has 0 saturated heterocycles. The van der Waals surface area contributed by atoms with Crippen molar-refractivity contribution < 1.29 is 23.3 Å². The third kappa shape index (κ3) is 6.32. The molecule has 226 valence electrons. The topological polar surface area (TPSA) is 128 Å². The molecule has 43 heavy (non-hydrogen) atoms. The van der Waals surface area contributed by atoms with E-state index in [2.05, 4.69) is 39.3 Å². The van der Waals surface area contributed by atoms with Crippen LogP contribution in [-0.4, -0.2) is 70.3 Å². The van der Waals surface area contributed by atoms with Gasteiger partial charge in [-0.1, -0.05) is 18.2 Å². The molecule has 2 aromatic carbocycles. The first-order valence-corrected chi connectivity index (χ1v) is 14.0. The minimum Gasteiger partial charge on any atom is -0.494 e. The van der Waals surface area contributed by atoms with Gasteiger partial charge >= 0.3 is 6.09 Å². The van der Waals surface area contributed by atoms with Gasteiger partial charge in [-0.05, 0) is 45.2 Å². The van der Waals surface area contributed by atoms with Gasteiger partial charge in [0.25, 0.3) is 5.69 Å². The minimum absolute atomic E-state index is 0.0467. The average Bonchev–Trinajstić information content (AvgIpc) is 3.36. The number of nitro groups is 1. The Bertz CT molecular complexity index is 1780. The third-order valence-electron chi connectivity index (χ3n) is 7.18. The van der Waals surface area contributed by atoms with Gasteiger partial charge in [-0.15, -0.1) is 0 Å². The number of carbonyl (C=O) groups is 1. The van der Waals surface area contributed by atoms with Crippen molar-refractivity contribution in [1.29, 1.82) is 0 Å². The number of benzene rings is 2. The van der Waals surface area contributed by atoms with Crippen molar-refractivity contribution in [1.82, 2.24) is 19.4 Å². The zero-order valence-corrected chi connectivity index (χ0v) is 24.9. The molecule has 0 radical (unpaired) electrons. The van der Waals surface area contributed by atoms with E-state index in [1.807, 2.05) is 6.07 Å². The molecule has 12 nitrogen and oxygen atoms in total. The lowest BCUT2D eigenvalue weighted by Gasteiger charge is -2.27. The van der Waals surface area contributed by atoms with Crippen molar-refractivity contribution in [3.8, 4) is 17.0 Å². The first kappa shape index (κ1) is 25.8. The molecule has 12 heteroatoms. The molecule has 0 bridgehead atoms. The van der Waals surface area contributed by atoms with Crippen molar-refractivity contribution >= 4 is 40.0 Å². The zero-order chi connectivity index (χ0) is 33.4. The van der Waals surface area contributed by atoms with E-state index >= 15 is 0 Å². The van der Waals surface area contributed by atoms with E-state index in [0.717, 1.165) is 30.3 Å². The fourth-order valence-electron chi connectivity index (χ4n) is 5.20. The maximum absolute atomic E-state index is 12.6. The van der Waals surface area contributed by atoms with Crippen LogP contribution >= 0.6 is 0 Å². The largest absolute Gasteiger partial charge is 0.494 e. The predicted molar refractivity (Wildman–Crippen MR) is 166 cm³/mol. The summed E-state index contributed by atoms with van der Waals surface area (Å²) in [7, 11) is 2.99. The number of anilines is 3. The number of aryl methyl sites for hydroxylation is 2. The van der Waals surface area contributed by atoms with E-state index in [0.29, 0.717) is 10.6 Å². The van der Waals surface area contributed by atoms with Crippen LogP contribution in [0.2, 0.25) is 0 Å². The molecule has 0 atom stereocenters. The highest BCUT2D eigenvalue weighted by atomic mass is 16.6. The molecule has 0 unspecified atom stereocenters. The number of nitrogens with one attached hydrogen (secondary N) is 1. The van der Waals surface area contributed by atoms with Crippen LogP contribution in [0.1, 0.15) is 36.9 Å². The molecule has 3 heterocycles. The lowest BCUT2D eigenvalue weighted by Crippen LogP contribution is -2.38. The molecule has 4 aromatic rings. The highest BCUT2D eigenvalue weighted by molar-refractivity contribution is 5.97. The van der Waals surface area contributed by atoms with Gasteiger partial charge in [0.15, 0.2) is 0 Å². The molecule has 0 aliphatic carbocycles. The van der Waals surface area contributed by atoms with Crippen molar-refractivity contribution in [2.24, 2.45) is 0 Å². The highest BCUT2D eigenvalue weighted by Gasteiger charge is 2.25. The second kappa shape index (κ2) is 11.8. The van der Waals surface area contributed by atoms with Crippen LogP contribution in [0, 0.1) is 10.1 Å². The Hall–Kier alpha value is -4.87. The predicted octanol–water partition coefficient (Wildman–Crippen LogP) is 6.01. The summed E-state index contributed by atoms with van der Waals surface area (Å²) in [4.78, 5) is 35.5. The Balaban J connectivity index is 1.41. The summed E-state index contributed by atoms with van der Waals surface area (Å²) < 4.78 is 36.5. The number of rotatable bonds is 9. The Kier molecular flexibility index (Phi) is 7.07. The molecule has 0 spiro atoms. The smallest absolute Gasteiger partial charge is 0.410 e. The number of carbonyl (C=O) groups excluding carboxylic acids is 1. The summed E-state index contributed by atoms with van der Waals surface area (Å²) in [5, 5.41) is 16.4. The number of para-hydroxylation sites is 1. The molecule has 0 fully saturated rings. The maximum atomic E-state index is 12.6. The fraction of sp³-hybridized carbons (Fsp3) is 0.387. The van der Waals surface area contributed by atoms with E-state index < -0.39 is 23.6 Å². The number of hydrogen-bond donors (Lipinski definition) is 1. The third-order valence-corrected chi connectivity index (χ3v) is 7.18. The Morgan fingerprint density at radius 3 is 2.79 bits per heavy atom. The number of aromatic nitrogens is 3. The molecule has 0 saturated carbocycles. The van der Waals surface area contributed by atoms with Crippen LogP contribution in [0.25, 0.3) is 22.2 Å². The number of nitrogens with zero attached hydrogens (tertiary/aromatic N) is 6. The number of hydrogen-bond acceptors (Lipinski definition) is 9.